The van der Waals surface area contributed by atoms with E-state index in [2.05, 4.69) is 0 Å². The van der Waals surface area contributed by atoms with Gasteiger partial charge in [0.1, 0.15) is 30.2 Å². The Bertz CT molecular complexity index is 418. The Morgan fingerprint density at radius 1 is 1.20 bits per heavy atom. The van der Waals surface area contributed by atoms with E-state index in [1.807, 2.05) is 0 Å². The number of hydrogen-bond donors (Lipinski definition) is 4. The summed E-state index contributed by atoms with van der Waals surface area (Å²) in [5.41, 5.74) is 0. The van der Waals surface area contributed by atoms with E-state index in [9.17, 15) is 20.1 Å². The van der Waals surface area contributed by atoms with Crippen molar-refractivity contribution in [2.45, 2.75) is 50.7 Å². The molecule has 1 saturated heterocycles. The third-order valence-corrected chi connectivity index (χ3v) is 3.35. The van der Waals surface area contributed by atoms with Gasteiger partial charge in [-0.3, -0.25) is 4.79 Å². The molecule has 0 aromatic rings. The molecule has 0 spiro atoms. The predicted molar refractivity (Wildman–Crippen MR) is 63.1 cm³/mol. The van der Waals surface area contributed by atoms with Crippen LogP contribution in [0.25, 0.3) is 0 Å². The van der Waals surface area contributed by atoms with Gasteiger partial charge in [0.25, 0.3) is 0 Å². The van der Waals surface area contributed by atoms with Crippen LogP contribution in [0.2, 0.25) is 0 Å². The number of hydrogen-bond acceptors (Lipinski definition) is 8. The Kier molecular flexibility index (Phi) is 4.31. The number of carbonyl (C=O) groups is 1. The highest BCUT2D eigenvalue weighted by Gasteiger charge is 2.46. The van der Waals surface area contributed by atoms with Gasteiger partial charge in [0, 0.05) is 0 Å². The monoisotopic (exact) mass is 290 g/mol. The molecule has 8 heteroatoms. The largest absolute Gasteiger partial charge is 0.483 e. The number of Topliss-reactive ketones (excluding diaryl/α,β-unsaturated/α-hetero) is 1. The summed E-state index contributed by atoms with van der Waals surface area (Å²) in [5, 5.41) is 38.1. The second kappa shape index (κ2) is 5.66. The highest BCUT2D eigenvalue weighted by atomic mass is 16.7. The molecule has 0 amide bonds. The fraction of sp³-hybridized carbons (Fsp3) is 0.750. The van der Waals surface area contributed by atoms with Crippen LogP contribution >= 0.6 is 0 Å². The first-order chi connectivity index (χ1) is 9.36. The Labute approximate surface area is 115 Å². The van der Waals surface area contributed by atoms with Crippen LogP contribution in [-0.2, 0) is 19.0 Å². The van der Waals surface area contributed by atoms with Crippen molar-refractivity contribution in [1.82, 2.24) is 0 Å². The van der Waals surface area contributed by atoms with Crippen molar-refractivity contribution >= 4 is 5.78 Å². The lowest BCUT2D eigenvalue weighted by molar-refractivity contribution is -0.290. The highest BCUT2D eigenvalue weighted by Crippen LogP contribution is 2.28. The minimum absolute atomic E-state index is 0.0955. The second-order valence-electron chi connectivity index (χ2n) is 4.82. The molecule has 2 aliphatic rings. The number of aliphatic hydroxyl groups excluding tert-OH is 4. The first kappa shape index (κ1) is 15.2. The molecule has 0 radical (unpaired) electrons. The average Bonchev–Trinajstić information content (AvgIpc) is 2.65. The van der Waals surface area contributed by atoms with Crippen molar-refractivity contribution in [3.8, 4) is 0 Å². The number of carbonyl (C=O) groups excluding carboxylic acids is 1. The third kappa shape index (κ3) is 2.52. The number of ketones is 1. The van der Waals surface area contributed by atoms with Crippen LogP contribution in [0.4, 0.5) is 0 Å². The SMILES string of the molecule is CC1=C(O[C@@H]2O[C@H](CO)[C@@H](O)[C@H](O)[C@H]2O)C(=O)C(C)O1. The molecular formula is C12H18O8. The number of allylic oxidation sites excluding steroid dienone is 1. The number of ether oxygens (including phenoxy) is 3. The molecule has 1 fully saturated rings. The maximum Gasteiger partial charge on any atom is 0.241 e. The average molecular weight is 290 g/mol. The Morgan fingerprint density at radius 2 is 1.85 bits per heavy atom. The Hall–Kier alpha value is -1.19. The van der Waals surface area contributed by atoms with Gasteiger partial charge in [0.2, 0.25) is 17.8 Å². The van der Waals surface area contributed by atoms with E-state index in [1.54, 1.807) is 6.92 Å². The van der Waals surface area contributed by atoms with Gasteiger partial charge in [-0.1, -0.05) is 0 Å². The predicted octanol–water partition coefficient (Wildman–Crippen LogP) is -1.98. The maximum absolute atomic E-state index is 11.8. The van der Waals surface area contributed by atoms with Crippen molar-refractivity contribution in [1.29, 1.82) is 0 Å². The van der Waals surface area contributed by atoms with Gasteiger partial charge in [-0.2, -0.15) is 0 Å². The van der Waals surface area contributed by atoms with Gasteiger partial charge in [0.05, 0.1) is 6.61 Å². The van der Waals surface area contributed by atoms with Crippen LogP contribution in [0.15, 0.2) is 11.5 Å². The van der Waals surface area contributed by atoms with Crippen molar-refractivity contribution in [3.05, 3.63) is 11.5 Å². The fourth-order valence-electron chi connectivity index (χ4n) is 2.15. The first-order valence-electron chi connectivity index (χ1n) is 6.25. The molecule has 2 rings (SSSR count). The molecule has 4 N–H and O–H groups in total. The fourth-order valence-corrected chi connectivity index (χ4v) is 2.15. The summed E-state index contributed by atoms with van der Waals surface area (Å²) in [6.45, 7) is 2.51. The quantitative estimate of drug-likeness (QED) is 0.471. The van der Waals surface area contributed by atoms with Crippen LogP contribution < -0.4 is 0 Å². The van der Waals surface area contributed by atoms with Crippen LogP contribution in [0.5, 0.6) is 0 Å². The highest BCUT2D eigenvalue weighted by molar-refractivity contribution is 5.99. The molecule has 2 heterocycles. The molecule has 8 nitrogen and oxygen atoms in total. The standard InChI is InChI=1S/C12H18O8/c1-4-7(14)11(5(2)18-4)20-12-10(17)9(16)8(15)6(3-13)19-12/h4,6,8-10,12-13,15-17H,3H2,1-2H3/t4?,6-,8-,9+,10-,12+/m1/s1. The van der Waals surface area contributed by atoms with Crippen LogP contribution in [0.1, 0.15) is 13.8 Å². The maximum atomic E-state index is 11.8. The summed E-state index contributed by atoms with van der Waals surface area (Å²) in [6.07, 6.45) is -7.74. The van der Waals surface area contributed by atoms with E-state index >= 15 is 0 Å². The van der Waals surface area contributed by atoms with Crippen LogP contribution in [-0.4, -0.2) is 69.6 Å². The zero-order valence-electron chi connectivity index (χ0n) is 11.1. The van der Waals surface area contributed by atoms with Gasteiger partial charge in [0.15, 0.2) is 6.10 Å². The number of aliphatic hydroxyl groups is 4. The Morgan fingerprint density at radius 3 is 2.35 bits per heavy atom. The number of rotatable bonds is 3. The van der Waals surface area contributed by atoms with Crippen molar-refractivity contribution in [2.24, 2.45) is 0 Å². The zero-order valence-corrected chi connectivity index (χ0v) is 11.1. The summed E-state index contributed by atoms with van der Waals surface area (Å²) in [6, 6.07) is 0. The molecule has 114 valence electrons. The minimum Gasteiger partial charge on any atom is -0.483 e. The van der Waals surface area contributed by atoms with E-state index in [4.69, 9.17) is 19.3 Å². The van der Waals surface area contributed by atoms with Crippen LogP contribution in [0.3, 0.4) is 0 Å². The molecule has 1 unspecified atom stereocenters. The van der Waals surface area contributed by atoms with Crippen molar-refractivity contribution < 1.29 is 39.4 Å². The normalized spacial score (nSPS) is 41.8. The van der Waals surface area contributed by atoms with Crippen molar-refractivity contribution in [3.63, 3.8) is 0 Å². The van der Waals surface area contributed by atoms with Gasteiger partial charge >= 0.3 is 0 Å². The minimum atomic E-state index is -1.56. The van der Waals surface area contributed by atoms with Gasteiger partial charge in [-0.15, -0.1) is 0 Å². The Balaban J connectivity index is 2.13. The van der Waals surface area contributed by atoms with E-state index in [0.717, 1.165) is 0 Å². The van der Waals surface area contributed by atoms with Gasteiger partial charge < -0.3 is 34.6 Å². The first-order valence-corrected chi connectivity index (χ1v) is 6.25. The summed E-state index contributed by atoms with van der Waals surface area (Å²) in [5.74, 6) is -0.249. The molecular weight excluding hydrogens is 272 g/mol. The van der Waals surface area contributed by atoms with Crippen LogP contribution in [0, 0.1) is 0 Å². The summed E-state index contributed by atoms with van der Waals surface area (Å²) in [7, 11) is 0. The third-order valence-electron chi connectivity index (χ3n) is 3.35. The summed E-state index contributed by atoms with van der Waals surface area (Å²) < 4.78 is 15.6. The second-order valence-corrected chi connectivity index (χ2v) is 4.82. The topological polar surface area (TPSA) is 126 Å². The molecule has 2 aliphatic heterocycles. The summed E-state index contributed by atoms with van der Waals surface area (Å²) in [4.78, 5) is 11.8. The molecule has 0 aliphatic carbocycles. The zero-order chi connectivity index (χ0) is 15.0. The van der Waals surface area contributed by atoms with E-state index in [0.29, 0.717) is 0 Å². The molecule has 0 bridgehead atoms. The molecule has 6 atom stereocenters. The van der Waals surface area contributed by atoms with Gasteiger partial charge in [-0.25, -0.2) is 0 Å². The van der Waals surface area contributed by atoms with E-state index < -0.39 is 49.2 Å². The van der Waals surface area contributed by atoms with Crippen molar-refractivity contribution in [2.75, 3.05) is 6.61 Å². The molecule has 0 aromatic carbocycles. The van der Waals surface area contributed by atoms with Gasteiger partial charge in [-0.05, 0) is 13.8 Å². The molecule has 0 aromatic heterocycles. The van der Waals surface area contributed by atoms with E-state index in [1.165, 1.54) is 6.92 Å². The lowest BCUT2D eigenvalue weighted by Crippen LogP contribution is -2.59. The molecule has 0 saturated carbocycles. The molecule has 20 heavy (non-hydrogen) atoms. The van der Waals surface area contributed by atoms with E-state index in [-0.39, 0.29) is 11.5 Å². The lowest BCUT2D eigenvalue weighted by Gasteiger charge is -2.39. The smallest absolute Gasteiger partial charge is 0.241 e. The summed E-state index contributed by atoms with van der Waals surface area (Å²) >= 11 is 0. The lowest BCUT2D eigenvalue weighted by atomic mass is 9.99.